The number of ether oxygens (including phenoxy) is 1. The zero-order valence-corrected chi connectivity index (χ0v) is 19.8. The summed E-state index contributed by atoms with van der Waals surface area (Å²) in [5, 5.41) is 7.29. The van der Waals surface area contributed by atoms with Crippen molar-refractivity contribution in [2.24, 2.45) is 0 Å². The smallest absolute Gasteiger partial charge is 0.321 e. The summed E-state index contributed by atoms with van der Waals surface area (Å²) in [7, 11) is 1.68. The molecule has 0 bridgehead atoms. The fourth-order valence-electron chi connectivity index (χ4n) is 3.48. The van der Waals surface area contributed by atoms with Crippen molar-refractivity contribution in [1.82, 2.24) is 19.9 Å². The maximum absolute atomic E-state index is 12.6. The van der Waals surface area contributed by atoms with Crippen LogP contribution >= 0.6 is 11.6 Å². The predicted octanol–water partition coefficient (Wildman–Crippen LogP) is 3.88. The van der Waals surface area contributed by atoms with Crippen LogP contribution in [0.2, 0.25) is 5.02 Å². The van der Waals surface area contributed by atoms with E-state index in [4.69, 9.17) is 20.9 Å². The van der Waals surface area contributed by atoms with E-state index in [1.807, 2.05) is 13.0 Å². The van der Waals surface area contributed by atoms with E-state index >= 15 is 0 Å². The van der Waals surface area contributed by atoms with Crippen LogP contribution in [0.15, 0.2) is 47.0 Å². The average Bonchev–Trinajstić information content (AvgIpc) is 3.33. The van der Waals surface area contributed by atoms with Crippen molar-refractivity contribution in [2.75, 3.05) is 45.2 Å². The van der Waals surface area contributed by atoms with Crippen LogP contribution in [0.4, 0.5) is 10.5 Å². The van der Waals surface area contributed by atoms with Gasteiger partial charge in [-0.1, -0.05) is 22.8 Å². The minimum Gasteiger partial charge on any atom is -0.378 e. The van der Waals surface area contributed by atoms with Gasteiger partial charge in [-0.25, -0.2) is 4.79 Å². The lowest BCUT2D eigenvalue weighted by atomic mass is 10.1. The van der Waals surface area contributed by atoms with E-state index in [1.165, 1.54) is 4.90 Å². The van der Waals surface area contributed by atoms with Crippen LogP contribution in [0.3, 0.4) is 0 Å². The Bertz CT molecular complexity index is 1160. The molecule has 1 saturated heterocycles. The summed E-state index contributed by atoms with van der Waals surface area (Å²) in [5.41, 5.74) is 2.90. The van der Waals surface area contributed by atoms with Gasteiger partial charge in [-0.05, 0) is 48.9 Å². The number of nitrogens with one attached hydrogen (secondary N) is 1. The molecule has 2 aromatic carbocycles. The third-order valence-corrected chi connectivity index (χ3v) is 5.84. The van der Waals surface area contributed by atoms with Gasteiger partial charge in [0.05, 0.1) is 23.9 Å². The van der Waals surface area contributed by atoms with Crippen molar-refractivity contribution in [3.05, 3.63) is 64.4 Å². The molecule has 0 radical (unpaired) electrons. The van der Waals surface area contributed by atoms with Gasteiger partial charge < -0.3 is 24.4 Å². The number of morpholine rings is 1. The molecule has 1 N–H and O–H groups in total. The highest BCUT2D eigenvalue weighted by Gasteiger charge is 2.19. The molecule has 2 heterocycles. The number of hydrogen-bond donors (Lipinski definition) is 1. The van der Waals surface area contributed by atoms with Gasteiger partial charge in [0.25, 0.3) is 11.8 Å². The highest BCUT2D eigenvalue weighted by atomic mass is 35.5. The normalized spacial score (nSPS) is 13.6. The number of aryl methyl sites for hydroxylation is 1. The lowest BCUT2D eigenvalue weighted by Crippen LogP contribution is -2.40. The van der Waals surface area contributed by atoms with Crippen LogP contribution in [0.1, 0.15) is 21.7 Å². The number of hydrogen-bond acceptors (Lipinski definition) is 6. The SMILES string of the molecule is Cc1ccc(NC(=O)N(C)CCc2noc(-c3ccc(C(=O)N4CCOCC4)cc3)n2)c(Cl)c1. The number of likely N-dealkylation sites (N-methyl/N-ethyl adjacent to an activating group) is 1. The van der Waals surface area contributed by atoms with Crippen molar-refractivity contribution in [1.29, 1.82) is 0 Å². The number of benzene rings is 2. The number of amides is 3. The molecule has 0 spiro atoms. The van der Waals surface area contributed by atoms with Gasteiger partial charge in [-0.3, -0.25) is 4.79 Å². The van der Waals surface area contributed by atoms with Crippen LogP contribution in [0.25, 0.3) is 11.5 Å². The Kier molecular flexibility index (Phi) is 7.44. The molecule has 178 valence electrons. The largest absolute Gasteiger partial charge is 0.378 e. The number of urea groups is 1. The monoisotopic (exact) mass is 483 g/mol. The average molecular weight is 484 g/mol. The Morgan fingerprint density at radius 3 is 2.59 bits per heavy atom. The number of nitrogens with zero attached hydrogens (tertiary/aromatic N) is 4. The van der Waals surface area contributed by atoms with Crippen LogP contribution < -0.4 is 5.32 Å². The molecule has 3 aromatic rings. The van der Waals surface area contributed by atoms with E-state index in [0.717, 1.165) is 11.1 Å². The zero-order chi connectivity index (χ0) is 24.1. The zero-order valence-electron chi connectivity index (χ0n) is 19.1. The minimum absolute atomic E-state index is 0.0192. The maximum Gasteiger partial charge on any atom is 0.321 e. The summed E-state index contributed by atoms with van der Waals surface area (Å²) >= 11 is 6.19. The van der Waals surface area contributed by atoms with E-state index in [-0.39, 0.29) is 11.9 Å². The summed E-state index contributed by atoms with van der Waals surface area (Å²) in [6.45, 7) is 4.63. The lowest BCUT2D eigenvalue weighted by molar-refractivity contribution is 0.0303. The quantitative estimate of drug-likeness (QED) is 0.571. The fourth-order valence-corrected chi connectivity index (χ4v) is 3.76. The third-order valence-electron chi connectivity index (χ3n) is 5.53. The molecule has 4 rings (SSSR count). The molecule has 0 aliphatic carbocycles. The van der Waals surface area contributed by atoms with Gasteiger partial charge in [-0.2, -0.15) is 4.98 Å². The Morgan fingerprint density at radius 1 is 1.15 bits per heavy atom. The molecule has 3 amide bonds. The number of carbonyl (C=O) groups excluding carboxylic acids is 2. The third kappa shape index (κ3) is 5.73. The van der Waals surface area contributed by atoms with Crippen molar-refractivity contribution < 1.29 is 18.8 Å². The summed E-state index contributed by atoms with van der Waals surface area (Å²) in [6, 6.07) is 12.3. The molecule has 0 saturated carbocycles. The highest BCUT2D eigenvalue weighted by Crippen LogP contribution is 2.23. The maximum atomic E-state index is 12.6. The number of aromatic nitrogens is 2. The molecule has 0 atom stereocenters. The van der Waals surface area contributed by atoms with Crippen LogP contribution in [0.5, 0.6) is 0 Å². The Hall–Kier alpha value is -3.43. The molecular weight excluding hydrogens is 458 g/mol. The van der Waals surface area contributed by atoms with E-state index in [1.54, 1.807) is 48.3 Å². The van der Waals surface area contributed by atoms with Crippen LogP contribution in [-0.4, -0.2) is 71.8 Å². The van der Waals surface area contributed by atoms with Crippen LogP contribution in [0, 0.1) is 6.92 Å². The molecule has 34 heavy (non-hydrogen) atoms. The summed E-state index contributed by atoms with van der Waals surface area (Å²) in [6.07, 6.45) is 0.419. The Labute approximate surface area is 202 Å². The number of carbonyl (C=O) groups is 2. The summed E-state index contributed by atoms with van der Waals surface area (Å²) < 4.78 is 10.7. The van der Waals surface area contributed by atoms with Gasteiger partial charge in [0.2, 0.25) is 0 Å². The standard InChI is InChI=1S/C24H26ClN5O4/c1-16-3-8-20(19(25)15-16)26-24(32)29(2)10-9-21-27-22(34-28-21)17-4-6-18(7-5-17)23(31)30-11-13-33-14-12-30/h3-8,15H,9-14H2,1-2H3,(H,26,32). The summed E-state index contributed by atoms with van der Waals surface area (Å²) in [4.78, 5) is 32.8. The molecule has 1 fully saturated rings. The number of anilines is 1. The van der Waals surface area contributed by atoms with Crippen molar-refractivity contribution in [3.63, 3.8) is 0 Å². The van der Waals surface area contributed by atoms with Crippen LogP contribution in [-0.2, 0) is 11.2 Å². The Balaban J connectivity index is 1.31. The number of rotatable bonds is 6. The van der Waals surface area contributed by atoms with E-state index in [0.29, 0.717) is 67.3 Å². The molecule has 9 nitrogen and oxygen atoms in total. The van der Waals surface area contributed by atoms with Crippen molar-refractivity contribution >= 4 is 29.2 Å². The Morgan fingerprint density at radius 2 is 1.88 bits per heavy atom. The first-order chi connectivity index (χ1) is 16.4. The van der Waals surface area contributed by atoms with Gasteiger partial charge in [-0.15, -0.1) is 0 Å². The topological polar surface area (TPSA) is 101 Å². The first kappa shape index (κ1) is 23.7. The highest BCUT2D eigenvalue weighted by molar-refractivity contribution is 6.33. The molecule has 1 aliphatic rings. The summed E-state index contributed by atoms with van der Waals surface area (Å²) in [5.74, 6) is 0.824. The van der Waals surface area contributed by atoms with Gasteiger partial charge in [0, 0.05) is 44.2 Å². The predicted molar refractivity (Wildman–Crippen MR) is 128 cm³/mol. The van der Waals surface area contributed by atoms with Gasteiger partial charge in [0.1, 0.15) is 0 Å². The molecule has 0 unspecified atom stereocenters. The first-order valence-electron chi connectivity index (χ1n) is 11.0. The molecule has 1 aromatic heterocycles. The van der Waals surface area contributed by atoms with Crippen molar-refractivity contribution in [3.8, 4) is 11.5 Å². The van der Waals surface area contributed by atoms with E-state index in [9.17, 15) is 9.59 Å². The van der Waals surface area contributed by atoms with Gasteiger partial charge >= 0.3 is 6.03 Å². The second kappa shape index (κ2) is 10.7. The molecule has 1 aliphatic heterocycles. The molecular formula is C24H26ClN5O4. The van der Waals surface area contributed by atoms with Crippen molar-refractivity contribution in [2.45, 2.75) is 13.3 Å². The fraction of sp³-hybridized carbons (Fsp3) is 0.333. The van der Waals surface area contributed by atoms with E-state index < -0.39 is 0 Å². The second-order valence-corrected chi connectivity index (χ2v) is 8.49. The first-order valence-corrected chi connectivity index (χ1v) is 11.4. The number of halogens is 1. The van der Waals surface area contributed by atoms with Gasteiger partial charge in [0.15, 0.2) is 5.82 Å². The molecule has 10 heteroatoms. The second-order valence-electron chi connectivity index (χ2n) is 8.08. The van der Waals surface area contributed by atoms with E-state index in [2.05, 4.69) is 15.5 Å². The lowest BCUT2D eigenvalue weighted by Gasteiger charge is -2.26. The minimum atomic E-state index is -0.282.